The van der Waals surface area contributed by atoms with Crippen LogP contribution in [0.25, 0.3) is 0 Å². The highest BCUT2D eigenvalue weighted by Crippen LogP contribution is 2.38. The Morgan fingerprint density at radius 1 is 1.35 bits per heavy atom. The zero-order valence-corrected chi connectivity index (χ0v) is 12.8. The lowest BCUT2D eigenvalue weighted by atomic mass is 9.95. The molecule has 1 atom stereocenters. The highest BCUT2D eigenvalue weighted by Gasteiger charge is 2.37. The molecular formula is C13H22N2S2. The van der Waals surface area contributed by atoms with Crippen LogP contribution < -0.4 is 5.32 Å². The van der Waals surface area contributed by atoms with Gasteiger partial charge >= 0.3 is 0 Å². The van der Waals surface area contributed by atoms with Crippen LogP contribution in [0.5, 0.6) is 0 Å². The molecule has 0 saturated carbocycles. The summed E-state index contributed by atoms with van der Waals surface area (Å²) in [5.41, 5.74) is 1.33. The van der Waals surface area contributed by atoms with Gasteiger partial charge in [-0.05, 0) is 46.3 Å². The monoisotopic (exact) mass is 270 g/mol. The zero-order chi connectivity index (χ0) is 12.5. The van der Waals surface area contributed by atoms with Crippen molar-refractivity contribution >= 4 is 23.1 Å². The minimum atomic E-state index is 0.126. The SMILES string of the molecule is Cc1nc(C2(NC(C)C)CCCSC2)sc1C. The topological polar surface area (TPSA) is 24.9 Å². The maximum Gasteiger partial charge on any atom is 0.114 e. The fraction of sp³-hybridized carbons (Fsp3) is 0.769. The van der Waals surface area contributed by atoms with Gasteiger partial charge in [-0.2, -0.15) is 11.8 Å². The molecule has 2 heterocycles. The number of thioether (sulfide) groups is 1. The molecule has 17 heavy (non-hydrogen) atoms. The van der Waals surface area contributed by atoms with Crippen molar-refractivity contribution in [2.45, 2.75) is 52.1 Å². The number of aryl methyl sites for hydroxylation is 2. The zero-order valence-electron chi connectivity index (χ0n) is 11.2. The van der Waals surface area contributed by atoms with E-state index in [-0.39, 0.29) is 5.54 Å². The molecule has 0 amide bonds. The van der Waals surface area contributed by atoms with Crippen molar-refractivity contribution in [3.8, 4) is 0 Å². The van der Waals surface area contributed by atoms with E-state index in [0.717, 1.165) is 5.75 Å². The van der Waals surface area contributed by atoms with Crippen molar-refractivity contribution in [2.75, 3.05) is 11.5 Å². The smallest absolute Gasteiger partial charge is 0.114 e. The molecule has 1 saturated heterocycles. The number of rotatable bonds is 3. The predicted molar refractivity (Wildman–Crippen MR) is 78.1 cm³/mol. The lowest BCUT2D eigenvalue weighted by Crippen LogP contribution is -2.49. The molecule has 0 aromatic carbocycles. The van der Waals surface area contributed by atoms with Gasteiger partial charge in [0.1, 0.15) is 5.01 Å². The second kappa shape index (κ2) is 5.29. The largest absolute Gasteiger partial charge is 0.302 e. The molecule has 1 aliphatic rings. The Labute approximate surface area is 113 Å². The van der Waals surface area contributed by atoms with Crippen LogP contribution >= 0.6 is 23.1 Å². The number of thiazole rings is 1. The van der Waals surface area contributed by atoms with Gasteiger partial charge in [-0.3, -0.25) is 0 Å². The van der Waals surface area contributed by atoms with Gasteiger partial charge in [0.05, 0.1) is 11.2 Å². The summed E-state index contributed by atoms with van der Waals surface area (Å²) in [5.74, 6) is 2.46. The fourth-order valence-corrected chi connectivity index (χ4v) is 4.76. The molecule has 1 aromatic rings. The van der Waals surface area contributed by atoms with Crippen LogP contribution in [0, 0.1) is 13.8 Å². The minimum absolute atomic E-state index is 0.126. The third kappa shape index (κ3) is 2.85. The summed E-state index contributed by atoms with van der Waals surface area (Å²) in [6.07, 6.45) is 2.52. The van der Waals surface area contributed by atoms with Crippen LogP contribution in [-0.4, -0.2) is 22.5 Å². The van der Waals surface area contributed by atoms with Crippen LogP contribution in [0.15, 0.2) is 0 Å². The van der Waals surface area contributed by atoms with Gasteiger partial charge in [-0.15, -0.1) is 11.3 Å². The summed E-state index contributed by atoms with van der Waals surface area (Å²) in [6.45, 7) is 8.76. The van der Waals surface area contributed by atoms with E-state index < -0.39 is 0 Å². The van der Waals surface area contributed by atoms with E-state index in [4.69, 9.17) is 4.98 Å². The van der Waals surface area contributed by atoms with Gasteiger partial charge in [0.25, 0.3) is 0 Å². The molecule has 2 rings (SSSR count). The molecule has 96 valence electrons. The van der Waals surface area contributed by atoms with Gasteiger partial charge in [0, 0.05) is 16.7 Å². The standard InChI is InChI=1S/C13H22N2S2/c1-9(2)15-13(6-5-7-16-8-13)12-14-10(3)11(4)17-12/h9,15H,5-8H2,1-4H3. The Morgan fingerprint density at radius 3 is 2.59 bits per heavy atom. The summed E-state index contributed by atoms with van der Waals surface area (Å²) in [4.78, 5) is 6.16. The molecule has 1 aliphatic heterocycles. The summed E-state index contributed by atoms with van der Waals surface area (Å²) in [6, 6.07) is 0.512. The molecule has 4 heteroatoms. The molecule has 1 fully saturated rings. The first-order chi connectivity index (χ1) is 8.03. The third-order valence-electron chi connectivity index (χ3n) is 3.24. The van der Waals surface area contributed by atoms with E-state index >= 15 is 0 Å². The molecule has 0 bridgehead atoms. The van der Waals surface area contributed by atoms with Gasteiger partial charge in [-0.1, -0.05) is 0 Å². The summed E-state index contributed by atoms with van der Waals surface area (Å²) >= 11 is 3.93. The molecule has 0 spiro atoms. The Kier molecular flexibility index (Phi) is 4.16. The molecular weight excluding hydrogens is 248 g/mol. The van der Waals surface area contributed by atoms with Crippen LogP contribution in [0.4, 0.5) is 0 Å². The van der Waals surface area contributed by atoms with E-state index in [1.165, 1.54) is 34.2 Å². The maximum atomic E-state index is 4.80. The van der Waals surface area contributed by atoms with Crippen molar-refractivity contribution < 1.29 is 0 Å². The first-order valence-corrected chi connectivity index (χ1v) is 8.30. The summed E-state index contributed by atoms with van der Waals surface area (Å²) in [7, 11) is 0. The first-order valence-electron chi connectivity index (χ1n) is 6.33. The van der Waals surface area contributed by atoms with Gasteiger partial charge in [-0.25, -0.2) is 4.98 Å². The number of nitrogens with zero attached hydrogens (tertiary/aromatic N) is 1. The Balaban J connectivity index is 2.31. The van der Waals surface area contributed by atoms with Crippen LogP contribution in [0.1, 0.15) is 42.3 Å². The average molecular weight is 270 g/mol. The van der Waals surface area contributed by atoms with Crippen molar-refractivity contribution in [1.82, 2.24) is 10.3 Å². The number of aromatic nitrogens is 1. The number of hydrogen-bond donors (Lipinski definition) is 1. The van der Waals surface area contributed by atoms with Gasteiger partial charge < -0.3 is 5.32 Å². The van der Waals surface area contributed by atoms with E-state index in [0.29, 0.717) is 6.04 Å². The lowest BCUT2D eigenvalue weighted by molar-refractivity contribution is 0.309. The van der Waals surface area contributed by atoms with Crippen molar-refractivity contribution in [3.05, 3.63) is 15.6 Å². The molecule has 0 aliphatic carbocycles. The second-order valence-electron chi connectivity index (χ2n) is 5.20. The second-order valence-corrected chi connectivity index (χ2v) is 7.51. The third-order valence-corrected chi connectivity index (χ3v) is 5.79. The van der Waals surface area contributed by atoms with Gasteiger partial charge in [0.15, 0.2) is 0 Å². The van der Waals surface area contributed by atoms with Crippen molar-refractivity contribution in [1.29, 1.82) is 0 Å². The van der Waals surface area contributed by atoms with E-state index in [1.807, 2.05) is 11.3 Å². The fourth-order valence-electron chi connectivity index (χ4n) is 2.37. The Bertz CT molecular complexity index is 359. The molecule has 1 N–H and O–H groups in total. The molecule has 2 nitrogen and oxygen atoms in total. The normalized spacial score (nSPS) is 25.5. The van der Waals surface area contributed by atoms with Crippen LogP contribution in [0.2, 0.25) is 0 Å². The molecule has 0 radical (unpaired) electrons. The highest BCUT2D eigenvalue weighted by molar-refractivity contribution is 7.99. The average Bonchev–Trinajstić information content (AvgIpc) is 2.60. The molecule has 1 unspecified atom stereocenters. The van der Waals surface area contributed by atoms with E-state index in [2.05, 4.69) is 44.8 Å². The Morgan fingerprint density at radius 2 is 2.12 bits per heavy atom. The Hall–Kier alpha value is -0.0600. The van der Waals surface area contributed by atoms with Crippen molar-refractivity contribution in [3.63, 3.8) is 0 Å². The molecule has 1 aromatic heterocycles. The minimum Gasteiger partial charge on any atom is -0.302 e. The summed E-state index contributed by atoms with van der Waals surface area (Å²) < 4.78 is 0. The number of hydrogen-bond acceptors (Lipinski definition) is 4. The van der Waals surface area contributed by atoms with Gasteiger partial charge in [0.2, 0.25) is 0 Å². The van der Waals surface area contributed by atoms with Crippen LogP contribution in [-0.2, 0) is 5.54 Å². The quantitative estimate of drug-likeness (QED) is 0.910. The van der Waals surface area contributed by atoms with E-state index in [9.17, 15) is 0 Å². The first kappa shape index (κ1) is 13.4. The van der Waals surface area contributed by atoms with Crippen molar-refractivity contribution in [2.24, 2.45) is 0 Å². The van der Waals surface area contributed by atoms with E-state index in [1.54, 1.807) is 0 Å². The van der Waals surface area contributed by atoms with Crippen LogP contribution in [0.3, 0.4) is 0 Å². The predicted octanol–water partition coefficient (Wildman–Crippen LogP) is 3.48. The highest BCUT2D eigenvalue weighted by atomic mass is 32.2. The summed E-state index contributed by atoms with van der Waals surface area (Å²) in [5, 5.41) is 5.08. The number of nitrogens with one attached hydrogen (secondary N) is 1. The lowest BCUT2D eigenvalue weighted by Gasteiger charge is -2.37. The maximum absolute atomic E-state index is 4.80.